The third-order valence-electron chi connectivity index (χ3n) is 12.1. The van der Waals surface area contributed by atoms with Crippen molar-refractivity contribution in [2.24, 2.45) is 21.7 Å². The molecule has 0 saturated carbocycles. The van der Waals surface area contributed by atoms with Gasteiger partial charge in [-0.3, -0.25) is 24.0 Å². The van der Waals surface area contributed by atoms with E-state index in [1.807, 2.05) is 76.2 Å². The number of cyclic esters (lactones) is 2. The summed E-state index contributed by atoms with van der Waals surface area (Å²) in [4.78, 5) is 81.6. The Balaban J connectivity index is 0.000000654. The van der Waals surface area contributed by atoms with Gasteiger partial charge in [0.15, 0.2) is 0 Å². The Morgan fingerprint density at radius 3 is 1.35 bits per heavy atom. The van der Waals surface area contributed by atoms with Gasteiger partial charge in [0.25, 0.3) is 0 Å². The van der Waals surface area contributed by atoms with Gasteiger partial charge in [0, 0.05) is 23.2 Å². The molecule has 75 heavy (non-hydrogen) atoms. The van der Waals surface area contributed by atoms with Crippen LogP contribution in [0, 0.1) is 21.7 Å². The number of aliphatic hydroxyl groups excluding tert-OH is 1. The molecule has 17 nitrogen and oxygen atoms in total. The van der Waals surface area contributed by atoms with Crippen LogP contribution in [-0.2, 0) is 66.6 Å². The Kier molecular flexibility index (Phi) is 33.8. The monoisotopic (exact) mass is 1190 g/mol. The fourth-order valence-electron chi connectivity index (χ4n) is 7.14. The maximum atomic E-state index is 12.6. The second-order valence-electron chi connectivity index (χ2n) is 20.3. The zero-order valence-corrected chi connectivity index (χ0v) is 48.9. The van der Waals surface area contributed by atoms with Gasteiger partial charge < -0.3 is 47.7 Å². The van der Waals surface area contributed by atoms with Gasteiger partial charge in [-0.15, -0.1) is 0 Å². The summed E-state index contributed by atoms with van der Waals surface area (Å²) < 4.78 is 44.3. The lowest BCUT2D eigenvalue weighted by molar-refractivity contribution is -0.164. The van der Waals surface area contributed by atoms with Gasteiger partial charge in [-0.25, -0.2) is 9.59 Å². The molecule has 19 heteroatoms. The second-order valence-corrected chi connectivity index (χ2v) is 22.5. The van der Waals surface area contributed by atoms with Crippen molar-refractivity contribution in [2.45, 2.75) is 148 Å². The minimum Gasteiger partial charge on any atom is -0.468 e. The summed E-state index contributed by atoms with van der Waals surface area (Å²) in [7, 11) is 2.48. The number of rotatable bonds is 31. The van der Waals surface area contributed by atoms with E-state index in [4.69, 9.17) is 33.5 Å². The molecular weight excluding hydrogens is 1100 g/mol. The average molecular weight is 1190 g/mol. The molecular formula is C56H84Br2O17. The molecule has 3 unspecified atom stereocenters. The van der Waals surface area contributed by atoms with Gasteiger partial charge in [0.05, 0.1) is 44.9 Å². The summed E-state index contributed by atoms with van der Waals surface area (Å²) in [5, 5.41) is 8.72. The van der Waals surface area contributed by atoms with Crippen LogP contribution in [0.3, 0.4) is 0 Å². The Labute approximate surface area is 461 Å². The molecule has 0 radical (unpaired) electrons. The van der Waals surface area contributed by atoms with E-state index in [2.05, 4.69) is 58.2 Å². The number of halogens is 2. The molecule has 1 fully saturated rings. The number of ether oxygens (including phenoxy) is 9. The predicted octanol–water partition coefficient (Wildman–Crippen LogP) is 12.1. The van der Waals surface area contributed by atoms with Crippen molar-refractivity contribution in [3.63, 3.8) is 0 Å². The molecule has 1 aliphatic heterocycles. The maximum absolute atomic E-state index is 12.6. The minimum atomic E-state index is -1.32. The molecule has 424 valence electrons. The van der Waals surface area contributed by atoms with Crippen LogP contribution in [0.2, 0.25) is 0 Å². The van der Waals surface area contributed by atoms with Gasteiger partial charge in [-0.1, -0.05) is 144 Å². The molecule has 1 aliphatic rings. The SMILES string of the molecule is CC(C)(CC(Br)c1ccccc1)C(=O)OCCCCCCCCO.COC(=O)C(C)(COC(C)=O)COC(=O)OCCCCCCCCOC(=O)C(C)(C)CC(Br)c1ccccc1.COC(=O)C1(C)COC(=O)OC1. The van der Waals surface area contributed by atoms with Crippen molar-refractivity contribution in [1.82, 2.24) is 0 Å². The first-order valence-corrected chi connectivity index (χ1v) is 27.5. The van der Waals surface area contributed by atoms with Gasteiger partial charge in [-0.2, -0.15) is 0 Å². The number of aliphatic hydroxyl groups is 1. The van der Waals surface area contributed by atoms with Crippen molar-refractivity contribution in [3.05, 3.63) is 71.8 Å². The van der Waals surface area contributed by atoms with Crippen LogP contribution < -0.4 is 0 Å². The van der Waals surface area contributed by atoms with Crippen LogP contribution in [-0.4, -0.2) is 114 Å². The molecule has 0 amide bonds. The standard InChI is InChI=1S/C29H43BrO9.C20H31BrO3.C7H10O5/c1-22(31)38-20-29(4,26(33)35-5)21-39-27(34)37-18-14-9-7-6-8-13-17-36-25(32)28(2,3)19-24(30)23-15-11-10-12-16-23;1-20(2,16-18(21)17-12-8-7-9-13-17)19(23)24-15-11-6-4-3-5-10-14-22;1-7(5(8)10-2)3-11-6(9)12-4-7/h10-12,15-16,24H,6-9,13-14,17-21H2,1-5H3;7-9,12-13,18,22H,3-6,10-11,14-16H2,1-2H3;3-4H2,1-2H3. The van der Waals surface area contributed by atoms with Crippen molar-refractivity contribution >= 4 is 74.0 Å². The normalized spacial score (nSPS) is 14.4. The summed E-state index contributed by atoms with van der Waals surface area (Å²) in [5.41, 5.74) is -0.957. The number of esters is 5. The van der Waals surface area contributed by atoms with Gasteiger partial charge in [0.1, 0.15) is 37.3 Å². The third-order valence-corrected chi connectivity index (χ3v) is 13.8. The number of carbonyl (C=O) groups is 7. The number of hydrogen-bond donors (Lipinski definition) is 1. The molecule has 0 aromatic heterocycles. The van der Waals surface area contributed by atoms with Crippen LogP contribution in [0.4, 0.5) is 9.59 Å². The largest absolute Gasteiger partial charge is 0.508 e. The first-order valence-electron chi connectivity index (χ1n) is 25.7. The highest BCUT2D eigenvalue weighted by Gasteiger charge is 2.42. The highest BCUT2D eigenvalue weighted by Crippen LogP contribution is 2.38. The number of alkyl halides is 2. The van der Waals surface area contributed by atoms with Crippen LogP contribution >= 0.6 is 31.9 Å². The molecule has 1 saturated heterocycles. The van der Waals surface area contributed by atoms with E-state index in [0.29, 0.717) is 32.5 Å². The fourth-order valence-corrected chi connectivity index (χ4v) is 9.37. The van der Waals surface area contributed by atoms with Gasteiger partial charge in [-0.05, 0) is 91.2 Å². The molecule has 1 N–H and O–H groups in total. The Hall–Kier alpha value is -4.75. The molecule has 2 aromatic rings. The summed E-state index contributed by atoms with van der Waals surface area (Å²) >= 11 is 7.37. The smallest absolute Gasteiger partial charge is 0.468 e. The fraction of sp³-hybridized carbons (Fsp3) is 0.661. The molecule has 0 aliphatic carbocycles. The van der Waals surface area contributed by atoms with E-state index in [-0.39, 0.29) is 61.2 Å². The quantitative estimate of drug-likeness (QED) is 0.0321. The van der Waals surface area contributed by atoms with Crippen LogP contribution in [0.5, 0.6) is 0 Å². The summed E-state index contributed by atoms with van der Waals surface area (Å²) in [6.07, 6.45) is 11.2. The highest BCUT2D eigenvalue weighted by molar-refractivity contribution is 9.09. The summed E-state index contributed by atoms with van der Waals surface area (Å²) in [5.74, 6) is -1.96. The van der Waals surface area contributed by atoms with Crippen molar-refractivity contribution in [2.75, 3.05) is 67.1 Å². The van der Waals surface area contributed by atoms with E-state index in [0.717, 1.165) is 76.2 Å². The zero-order chi connectivity index (χ0) is 56.3. The molecule has 0 bridgehead atoms. The molecule has 0 spiro atoms. The zero-order valence-electron chi connectivity index (χ0n) is 45.7. The Morgan fingerprint density at radius 2 is 0.960 bits per heavy atom. The van der Waals surface area contributed by atoms with Crippen LogP contribution in [0.15, 0.2) is 60.7 Å². The number of carbonyl (C=O) groups excluding carboxylic acids is 7. The van der Waals surface area contributed by atoms with Crippen molar-refractivity contribution in [1.29, 1.82) is 0 Å². The van der Waals surface area contributed by atoms with Crippen molar-refractivity contribution < 1.29 is 81.3 Å². The number of hydrogen-bond acceptors (Lipinski definition) is 17. The van der Waals surface area contributed by atoms with Crippen molar-refractivity contribution in [3.8, 4) is 0 Å². The summed E-state index contributed by atoms with van der Waals surface area (Å²) in [6, 6.07) is 20.2. The Bertz CT molecular complexity index is 1970. The van der Waals surface area contributed by atoms with Crippen LogP contribution in [0.1, 0.15) is 159 Å². The van der Waals surface area contributed by atoms with E-state index < -0.39 is 51.9 Å². The number of unbranched alkanes of at least 4 members (excludes halogenated alkanes) is 10. The van der Waals surface area contributed by atoms with E-state index in [9.17, 15) is 33.6 Å². The second kappa shape index (κ2) is 37.1. The van der Waals surface area contributed by atoms with E-state index >= 15 is 0 Å². The highest BCUT2D eigenvalue weighted by atomic mass is 79.9. The third kappa shape index (κ3) is 28.8. The lowest BCUT2D eigenvalue weighted by Crippen LogP contribution is -2.43. The topological polar surface area (TPSA) is 223 Å². The van der Waals surface area contributed by atoms with E-state index in [1.54, 1.807) is 6.92 Å². The molecule has 1 heterocycles. The average Bonchev–Trinajstić information content (AvgIpc) is 3.39. The maximum Gasteiger partial charge on any atom is 0.508 e. The minimum absolute atomic E-state index is 0.0124. The lowest BCUT2D eigenvalue weighted by Gasteiger charge is -2.28. The van der Waals surface area contributed by atoms with Gasteiger partial charge >= 0.3 is 42.2 Å². The lowest BCUT2D eigenvalue weighted by atomic mass is 9.86. The van der Waals surface area contributed by atoms with Crippen LogP contribution in [0.25, 0.3) is 0 Å². The Morgan fingerprint density at radius 1 is 0.573 bits per heavy atom. The molecule has 2 aromatic carbocycles. The molecule has 3 rings (SSSR count). The van der Waals surface area contributed by atoms with Gasteiger partial charge in [0.2, 0.25) is 0 Å². The van der Waals surface area contributed by atoms with E-state index in [1.165, 1.54) is 33.6 Å². The predicted molar refractivity (Wildman–Crippen MR) is 289 cm³/mol. The summed E-state index contributed by atoms with van der Waals surface area (Å²) in [6.45, 7) is 12.8. The first kappa shape index (κ1) is 68.3. The number of benzene rings is 2. The first-order chi connectivity index (χ1) is 35.5. The number of methoxy groups -OCH3 is 2. The molecule has 3 atom stereocenters.